The van der Waals surface area contributed by atoms with Crippen LogP contribution >= 0.6 is 0 Å². The first-order chi connectivity index (χ1) is 4.84. The number of aromatic nitrogens is 2. The Morgan fingerprint density at radius 1 is 1.60 bits per heavy atom. The molecule has 1 rings (SSSR count). The van der Waals surface area contributed by atoms with Gasteiger partial charge in [-0.1, -0.05) is 0 Å². The van der Waals surface area contributed by atoms with Gasteiger partial charge in [0.15, 0.2) is 12.7 Å². The first-order valence-electron chi connectivity index (χ1n) is 3.34. The first kappa shape index (κ1) is 7.28. The molecule has 0 atom stereocenters. The minimum absolute atomic E-state index is 0.766. The van der Waals surface area contributed by atoms with Crippen LogP contribution in [0.2, 0.25) is 0 Å². The fraction of sp³-hybridized carbons (Fsp3) is 0.571. The molecule has 1 aromatic rings. The minimum atomic E-state index is 0.766. The van der Waals surface area contributed by atoms with Gasteiger partial charge in [-0.3, -0.25) is 0 Å². The quantitative estimate of drug-likeness (QED) is 0.540. The molecule has 0 aliphatic rings. The van der Waals surface area contributed by atoms with Crippen molar-refractivity contribution < 1.29 is 9.42 Å². The van der Waals surface area contributed by atoms with E-state index in [0.29, 0.717) is 0 Å². The highest BCUT2D eigenvalue weighted by molar-refractivity contribution is 4.69. The van der Waals surface area contributed by atoms with Crippen LogP contribution in [0.25, 0.3) is 0 Å². The van der Waals surface area contributed by atoms with E-state index >= 15 is 0 Å². The molecule has 0 saturated carbocycles. The Bertz CT molecular complexity index is 195. The van der Waals surface area contributed by atoms with Crippen molar-refractivity contribution in [3.8, 4) is 0 Å². The zero-order valence-corrected chi connectivity index (χ0v) is 6.45. The highest BCUT2D eigenvalue weighted by Gasteiger charge is 2.00. The van der Waals surface area contributed by atoms with Crippen molar-refractivity contribution >= 4 is 0 Å². The number of nitrogens with zero attached hydrogens (tertiary/aromatic N) is 2. The molecule has 1 heterocycles. The molecule has 0 spiro atoms. The van der Waals surface area contributed by atoms with Crippen LogP contribution in [0.4, 0.5) is 0 Å². The average molecular weight is 141 g/mol. The summed E-state index contributed by atoms with van der Waals surface area (Å²) in [6, 6.07) is 2.01. The molecule has 0 saturated heterocycles. The lowest BCUT2D eigenvalue weighted by Crippen LogP contribution is -2.42. The standard InChI is InChI=1S/C7H13N2O/c1-8-4-3-5-9(8)6-7-10-2/h3-5H,6-7H2,1-2H3/q+1. The predicted molar refractivity (Wildman–Crippen MR) is 37.5 cm³/mol. The van der Waals surface area contributed by atoms with Gasteiger partial charge in [0.2, 0.25) is 0 Å². The smallest absolute Gasteiger partial charge is 0.195 e. The number of rotatable bonds is 3. The lowest BCUT2D eigenvalue weighted by molar-refractivity contribution is -0.774. The summed E-state index contributed by atoms with van der Waals surface area (Å²) in [5.74, 6) is 0. The molecule has 1 aromatic heterocycles. The number of hydrogen-bond acceptors (Lipinski definition) is 1. The summed E-state index contributed by atoms with van der Waals surface area (Å²) in [4.78, 5) is 0. The molecule has 0 bridgehead atoms. The van der Waals surface area contributed by atoms with Crippen LogP contribution < -0.4 is 4.68 Å². The van der Waals surface area contributed by atoms with E-state index in [4.69, 9.17) is 4.74 Å². The van der Waals surface area contributed by atoms with Crippen LogP contribution in [0.5, 0.6) is 0 Å². The monoisotopic (exact) mass is 141 g/mol. The Morgan fingerprint density at radius 3 is 2.90 bits per heavy atom. The largest absolute Gasteiger partial charge is 0.378 e. The van der Waals surface area contributed by atoms with Crippen molar-refractivity contribution in [2.45, 2.75) is 6.54 Å². The first-order valence-corrected chi connectivity index (χ1v) is 3.34. The van der Waals surface area contributed by atoms with Gasteiger partial charge in [-0.05, 0) is 0 Å². The summed E-state index contributed by atoms with van der Waals surface area (Å²) in [7, 11) is 3.72. The molecule has 0 N–H and O–H groups in total. The van der Waals surface area contributed by atoms with Crippen molar-refractivity contribution in [3.63, 3.8) is 0 Å². The van der Waals surface area contributed by atoms with Crippen LogP contribution in [-0.2, 0) is 18.3 Å². The van der Waals surface area contributed by atoms with E-state index in [1.54, 1.807) is 7.11 Å². The van der Waals surface area contributed by atoms with Crippen molar-refractivity contribution in [1.82, 2.24) is 4.68 Å². The normalized spacial score (nSPS) is 10.2. The average Bonchev–Trinajstić information content (AvgIpc) is 2.31. The molecule has 10 heavy (non-hydrogen) atoms. The third kappa shape index (κ3) is 1.57. The summed E-state index contributed by atoms with van der Waals surface area (Å²) in [6.07, 6.45) is 4.04. The van der Waals surface area contributed by atoms with Gasteiger partial charge in [0.25, 0.3) is 0 Å². The van der Waals surface area contributed by atoms with Gasteiger partial charge in [-0.25, -0.2) is 0 Å². The Morgan fingerprint density at radius 2 is 2.40 bits per heavy atom. The van der Waals surface area contributed by atoms with Crippen LogP contribution in [0.1, 0.15) is 0 Å². The summed E-state index contributed by atoms with van der Waals surface area (Å²) < 4.78 is 9.05. The van der Waals surface area contributed by atoms with Gasteiger partial charge in [-0.2, -0.15) is 4.68 Å². The molecule has 3 heteroatoms. The second-order valence-electron chi connectivity index (χ2n) is 2.22. The molecule has 0 radical (unpaired) electrons. The fourth-order valence-corrected chi connectivity index (χ4v) is 0.870. The van der Waals surface area contributed by atoms with E-state index in [2.05, 4.69) is 4.68 Å². The van der Waals surface area contributed by atoms with E-state index in [1.807, 2.05) is 30.2 Å². The number of ether oxygens (including phenoxy) is 1. The van der Waals surface area contributed by atoms with Crippen LogP contribution in [0, 0.1) is 0 Å². The zero-order chi connectivity index (χ0) is 7.40. The zero-order valence-electron chi connectivity index (χ0n) is 6.45. The van der Waals surface area contributed by atoms with E-state index in [-0.39, 0.29) is 0 Å². The summed E-state index contributed by atoms with van der Waals surface area (Å²) in [5.41, 5.74) is 0. The molecular formula is C7H13N2O+. The topological polar surface area (TPSA) is 18.0 Å². The van der Waals surface area contributed by atoms with Gasteiger partial charge in [0.05, 0.1) is 13.2 Å². The molecule has 0 fully saturated rings. The molecule has 0 aliphatic heterocycles. The maximum absolute atomic E-state index is 4.94. The Balaban J connectivity index is 2.49. The number of aryl methyl sites for hydroxylation is 1. The van der Waals surface area contributed by atoms with Gasteiger partial charge in [0, 0.05) is 13.2 Å². The molecule has 0 aromatic carbocycles. The lowest BCUT2D eigenvalue weighted by atomic mass is 10.7. The molecule has 56 valence electrons. The summed E-state index contributed by atoms with van der Waals surface area (Å²) >= 11 is 0. The lowest BCUT2D eigenvalue weighted by Gasteiger charge is -1.94. The fourth-order valence-electron chi connectivity index (χ4n) is 0.870. The second-order valence-corrected chi connectivity index (χ2v) is 2.22. The van der Waals surface area contributed by atoms with Crippen LogP contribution in [0.15, 0.2) is 18.5 Å². The third-order valence-electron chi connectivity index (χ3n) is 1.49. The van der Waals surface area contributed by atoms with Crippen molar-refractivity contribution in [1.29, 1.82) is 0 Å². The van der Waals surface area contributed by atoms with Crippen LogP contribution in [-0.4, -0.2) is 18.4 Å². The van der Waals surface area contributed by atoms with Gasteiger partial charge in [-0.15, -0.1) is 4.68 Å². The van der Waals surface area contributed by atoms with Gasteiger partial charge in [0.1, 0.15) is 6.61 Å². The molecule has 0 aliphatic carbocycles. The van der Waals surface area contributed by atoms with Crippen LogP contribution in [0.3, 0.4) is 0 Å². The second kappa shape index (κ2) is 3.37. The summed E-state index contributed by atoms with van der Waals surface area (Å²) in [6.45, 7) is 1.68. The van der Waals surface area contributed by atoms with E-state index in [1.165, 1.54) is 0 Å². The van der Waals surface area contributed by atoms with Crippen molar-refractivity contribution in [2.24, 2.45) is 7.05 Å². The number of hydrogen-bond donors (Lipinski definition) is 0. The third-order valence-corrected chi connectivity index (χ3v) is 1.49. The Labute approximate surface area is 60.8 Å². The molecular weight excluding hydrogens is 128 g/mol. The van der Waals surface area contributed by atoms with Gasteiger partial charge >= 0.3 is 0 Å². The highest BCUT2D eigenvalue weighted by Crippen LogP contribution is 1.76. The van der Waals surface area contributed by atoms with E-state index in [0.717, 1.165) is 13.2 Å². The highest BCUT2D eigenvalue weighted by atomic mass is 16.5. The number of methoxy groups -OCH3 is 1. The molecule has 3 nitrogen and oxygen atoms in total. The molecule has 0 amide bonds. The maximum Gasteiger partial charge on any atom is 0.195 e. The molecule has 0 unspecified atom stereocenters. The van der Waals surface area contributed by atoms with Crippen molar-refractivity contribution in [2.75, 3.05) is 13.7 Å². The summed E-state index contributed by atoms with van der Waals surface area (Å²) in [5, 5.41) is 0. The predicted octanol–water partition coefficient (Wildman–Crippen LogP) is -0.0410. The van der Waals surface area contributed by atoms with Gasteiger partial charge < -0.3 is 4.74 Å². The van der Waals surface area contributed by atoms with E-state index < -0.39 is 0 Å². The Kier molecular flexibility index (Phi) is 2.45. The Hall–Kier alpha value is -0.830. The SMILES string of the molecule is COCC[n+]1cccn1C. The van der Waals surface area contributed by atoms with E-state index in [9.17, 15) is 0 Å². The maximum atomic E-state index is 4.94. The minimum Gasteiger partial charge on any atom is -0.378 e. The van der Waals surface area contributed by atoms with Crippen molar-refractivity contribution in [3.05, 3.63) is 18.5 Å².